The maximum atomic E-state index is 8.88. The van der Waals surface area contributed by atoms with Crippen LogP contribution in [-0.4, -0.2) is 14.1 Å². The van der Waals surface area contributed by atoms with E-state index >= 15 is 0 Å². The van der Waals surface area contributed by atoms with Crippen molar-refractivity contribution in [2.45, 2.75) is 101 Å². The van der Waals surface area contributed by atoms with Crippen LogP contribution in [0.2, 0.25) is 0 Å². The van der Waals surface area contributed by atoms with E-state index in [2.05, 4.69) is 191 Å². The summed E-state index contributed by atoms with van der Waals surface area (Å²) in [5.74, 6) is 3.56. The summed E-state index contributed by atoms with van der Waals surface area (Å²) in [6, 6.07) is 59.1. The molecule has 0 bridgehead atoms. The molecule has 0 unspecified atom stereocenters. The van der Waals surface area contributed by atoms with Gasteiger partial charge in [-0.3, -0.25) is 4.57 Å². The second kappa shape index (κ2) is 22.5. The number of nitrogens with zero attached hydrogens (tertiary/aromatic N) is 4. The van der Waals surface area contributed by atoms with Gasteiger partial charge in [0.05, 0.1) is 16.7 Å². The molecule has 0 N–H and O–H groups in total. The van der Waals surface area contributed by atoms with Crippen LogP contribution in [0.5, 0.6) is 11.5 Å². The van der Waals surface area contributed by atoms with Gasteiger partial charge in [-0.05, 0) is 141 Å². The number of aromatic nitrogens is 4. The molecule has 10 aromatic rings. The van der Waals surface area contributed by atoms with Gasteiger partial charge in [-0.25, -0.2) is 4.98 Å². The van der Waals surface area contributed by atoms with Crippen molar-refractivity contribution < 1.29 is 33.1 Å². The summed E-state index contributed by atoms with van der Waals surface area (Å²) < 4.78 is 30.9. The van der Waals surface area contributed by atoms with Crippen LogP contribution in [0.4, 0.5) is 0 Å². The van der Waals surface area contributed by atoms with Gasteiger partial charge in [-0.2, -0.15) is 18.2 Å². The first-order valence-electron chi connectivity index (χ1n) is 27.5. The van der Waals surface area contributed by atoms with Crippen LogP contribution in [0.25, 0.3) is 72.3 Å². The molecule has 0 spiro atoms. The van der Waals surface area contributed by atoms with Crippen molar-refractivity contribution in [3.63, 3.8) is 0 Å². The maximum Gasteiger partial charge on any atom is 0.268 e. The second-order valence-corrected chi connectivity index (χ2v) is 22.1. The Labute approximate surface area is 457 Å². The number of fused-ring (bicyclic) bond motifs is 4. The zero-order valence-electron chi connectivity index (χ0n) is 46.7. The van der Waals surface area contributed by atoms with Crippen LogP contribution >= 0.6 is 0 Å². The summed E-state index contributed by atoms with van der Waals surface area (Å²) in [6.07, 6.45) is 8.11. The molecule has 3 heterocycles. The second-order valence-electron chi connectivity index (χ2n) is 22.1. The van der Waals surface area contributed by atoms with Crippen molar-refractivity contribution in [1.29, 1.82) is 0 Å². The van der Waals surface area contributed by atoms with Crippen molar-refractivity contribution in [2.75, 3.05) is 0 Å². The largest absolute Gasteiger partial charge is 0.510 e. The van der Waals surface area contributed by atoms with Crippen LogP contribution in [0, 0.1) is 48.0 Å². The Morgan fingerprint density at radius 3 is 1.68 bits per heavy atom. The minimum Gasteiger partial charge on any atom is -0.510 e. The minimum absolute atomic E-state index is 0. The van der Waals surface area contributed by atoms with E-state index in [1.54, 1.807) is 12.3 Å². The summed E-state index contributed by atoms with van der Waals surface area (Å²) >= 11 is 0. The first-order chi connectivity index (χ1) is 36.0. The monoisotopic (exact) mass is 1160 g/mol. The molecule has 0 saturated heterocycles. The standard InChI is InChI=1S/C68H70N4O.Pt/c1-44(2)29-49-27-28-69-67(40-49)72-63-22-12-11-19-61(63)62-26-25-58(42-66(62)72)73-57-18-15-17-56(41-57)70-43-71(65-24-14-13-23-64(65)70)68-59(54-36-50(30-45(3)4)34-51(37-54)31-46(5)6)20-16-21-60(68)55-38-52(32-47(7)8)35-53(39-55)33-48(9)10;/h11-28,34-40,44-48H,29-33H2,1-10H3;/q-2;/i29D2;. The van der Waals surface area contributed by atoms with Crippen molar-refractivity contribution in [2.24, 2.45) is 29.6 Å². The SMILES string of the molecule is [2H]C([2H])(c1ccnc(-n2c3[c-]c(Oc4[c-]c(-n5[c-][n+](-c6c(-c7cc(CC(C)C)cc(CC(C)C)c7)cccc6-c6cc(CC(C)C)cc(CC(C)C)c6)c6ccccc65)ccc4)ccc3c3ccccc32)c1)C(C)C.[Pt]. The maximum absolute atomic E-state index is 8.88. The predicted octanol–water partition coefficient (Wildman–Crippen LogP) is 16.9. The molecule has 0 aliphatic rings. The zero-order chi connectivity index (χ0) is 52.7. The van der Waals surface area contributed by atoms with Crippen molar-refractivity contribution >= 4 is 32.8 Å². The van der Waals surface area contributed by atoms with Gasteiger partial charge in [-0.15, -0.1) is 29.7 Å². The number of para-hydroxylation sites is 4. The fraction of sp³-hybridized carbons (Fsp3) is 0.294. The molecule has 380 valence electrons. The fourth-order valence-corrected chi connectivity index (χ4v) is 10.7. The van der Waals surface area contributed by atoms with Gasteiger partial charge >= 0.3 is 0 Å². The Bertz CT molecular complexity index is 3550. The summed E-state index contributed by atoms with van der Waals surface area (Å²) in [5.41, 5.74) is 16.4. The average molecular weight is 1160 g/mol. The predicted molar refractivity (Wildman–Crippen MR) is 304 cm³/mol. The van der Waals surface area contributed by atoms with Gasteiger partial charge in [0.2, 0.25) is 0 Å². The number of pyridine rings is 1. The molecule has 0 fully saturated rings. The Morgan fingerprint density at radius 2 is 1.08 bits per heavy atom. The topological polar surface area (TPSA) is 35.9 Å². The molecule has 0 amide bonds. The van der Waals surface area contributed by atoms with Crippen LogP contribution in [0.1, 0.15) is 99.8 Å². The minimum atomic E-state index is -1.53. The molecule has 74 heavy (non-hydrogen) atoms. The van der Waals surface area contributed by atoms with E-state index in [0.717, 1.165) is 81.0 Å². The first kappa shape index (κ1) is 49.6. The van der Waals surface area contributed by atoms with Crippen LogP contribution in [0.15, 0.2) is 152 Å². The molecule has 0 aliphatic carbocycles. The third-order valence-corrected chi connectivity index (χ3v) is 13.3. The molecule has 7 aromatic carbocycles. The molecular formula is C68H70N4OPt-2. The van der Waals surface area contributed by atoms with Gasteiger partial charge in [0, 0.05) is 47.0 Å². The van der Waals surface area contributed by atoms with Gasteiger partial charge in [0.15, 0.2) is 0 Å². The van der Waals surface area contributed by atoms with E-state index in [4.69, 9.17) is 12.5 Å². The quantitative estimate of drug-likeness (QED) is 0.0673. The number of rotatable bonds is 17. The summed E-state index contributed by atoms with van der Waals surface area (Å²) in [5, 5.41) is 2.05. The smallest absolute Gasteiger partial charge is 0.268 e. The van der Waals surface area contributed by atoms with Gasteiger partial charge < -0.3 is 13.9 Å². The Morgan fingerprint density at radius 1 is 0.527 bits per heavy atom. The summed E-state index contributed by atoms with van der Waals surface area (Å²) in [4.78, 5) is 4.78. The zero-order valence-corrected chi connectivity index (χ0v) is 46.9. The Hall–Kier alpha value is -6.55. The van der Waals surface area contributed by atoms with E-state index in [1.807, 2.05) is 50.2 Å². The molecule has 5 nitrogen and oxygen atoms in total. The van der Waals surface area contributed by atoms with Crippen molar-refractivity contribution in [3.05, 3.63) is 198 Å². The van der Waals surface area contributed by atoms with Crippen LogP contribution in [-0.2, 0) is 53.1 Å². The fourth-order valence-electron chi connectivity index (χ4n) is 10.7. The van der Waals surface area contributed by atoms with E-state index in [1.165, 1.54) is 33.4 Å². The number of imidazole rings is 1. The molecule has 0 aliphatic heterocycles. The molecule has 0 radical (unpaired) electrons. The molecule has 0 atom stereocenters. The number of hydrogen-bond donors (Lipinski definition) is 0. The normalized spacial score (nSPS) is 12.5. The van der Waals surface area contributed by atoms with Crippen LogP contribution < -0.4 is 9.30 Å². The van der Waals surface area contributed by atoms with Gasteiger partial charge in [-0.1, -0.05) is 172 Å². The number of hydrogen-bond acceptors (Lipinski definition) is 2. The molecule has 10 rings (SSSR count). The van der Waals surface area contributed by atoms with E-state index < -0.39 is 6.37 Å². The van der Waals surface area contributed by atoms with Gasteiger partial charge in [0.1, 0.15) is 5.82 Å². The van der Waals surface area contributed by atoms with E-state index in [9.17, 15) is 0 Å². The number of benzene rings is 7. The average Bonchev–Trinajstić information content (AvgIpc) is 3.96. The summed E-state index contributed by atoms with van der Waals surface area (Å²) in [6.45, 7) is 22.3. The Balaban J connectivity index is 0.00000706. The number of ether oxygens (including phenoxy) is 1. The first-order valence-corrected chi connectivity index (χ1v) is 26.5. The van der Waals surface area contributed by atoms with Crippen LogP contribution in [0.3, 0.4) is 0 Å². The molecule has 0 saturated carbocycles. The van der Waals surface area contributed by atoms with Gasteiger partial charge in [0.25, 0.3) is 6.33 Å². The van der Waals surface area contributed by atoms with E-state index in [0.29, 0.717) is 46.6 Å². The van der Waals surface area contributed by atoms with Crippen molar-refractivity contribution in [1.82, 2.24) is 14.1 Å². The molecule has 6 heteroatoms. The third kappa shape index (κ3) is 11.4. The third-order valence-electron chi connectivity index (χ3n) is 13.3. The van der Waals surface area contributed by atoms with Crippen molar-refractivity contribution in [3.8, 4) is 50.9 Å². The Kier molecular flexibility index (Phi) is 15.1. The van der Waals surface area contributed by atoms with E-state index in [-0.39, 0.29) is 27.0 Å². The summed E-state index contributed by atoms with van der Waals surface area (Å²) in [7, 11) is 0. The molecule has 3 aromatic heterocycles. The molecular weight excluding hydrogens is 1080 g/mol.